The zero-order valence-corrected chi connectivity index (χ0v) is 16.3. The Kier molecular flexibility index (Phi) is 4.66. The second kappa shape index (κ2) is 7.14. The number of ether oxygens (including phenoxy) is 1. The Morgan fingerprint density at radius 3 is 2.75 bits per heavy atom. The lowest BCUT2D eigenvalue weighted by atomic mass is 10.1. The first-order valence-electron chi connectivity index (χ1n) is 8.23. The van der Waals surface area contributed by atoms with Gasteiger partial charge in [0, 0.05) is 29.8 Å². The van der Waals surface area contributed by atoms with Gasteiger partial charge in [0.25, 0.3) is 10.0 Å². The molecule has 9 heteroatoms. The van der Waals surface area contributed by atoms with Crippen LogP contribution in [0.4, 0.5) is 5.69 Å². The van der Waals surface area contributed by atoms with Gasteiger partial charge < -0.3 is 4.74 Å². The van der Waals surface area contributed by atoms with E-state index in [2.05, 4.69) is 14.7 Å². The number of benzene rings is 2. The summed E-state index contributed by atoms with van der Waals surface area (Å²) in [5.41, 5.74) is 1.86. The molecule has 142 valence electrons. The molecule has 28 heavy (non-hydrogen) atoms. The summed E-state index contributed by atoms with van der Waals surface area (Å²) in [5.74, 6) is 0.972. The number of fused-ring (bicyclic) bond motifs is 1. The number of sulfonamides is 1. The number of imidazole rings is 1. The van der Waals surface area contributed by atoms with Crippen LogP contribution in [0.2, 0.25) is 5.02 Å². The van der Waals surface area contributed by atoms with Gasteiger partial charge in [-0.15, -0.1) is 0 Å². The van der Waals surface area contributed by atoms with Gasteiger partial charge in [-0.2, -0.15) is 0 Å². The molecule has 4 rings (SSSR count). The quantitative estimate of drug-likeness (QED) is 0.536. The Morgan fingerprint density at radius 1 is 1.14 bits per heavy atom. The summed E-state index contributed by atoms with van der Waals surface area (Å²) < 4.78 is 34.8. The van der Waals surface area contributed by atoms with Gasteiger partial charge in [-0.1, -0.05) is 23.7 Å². The van der Waals surface area contributed by atoms with E-state index < -0.39 is 10.0 Å². The van der Waals surface area contributed by atoms with Crippen molar-refractivity contribution in [3.8, 4) is 17.0 Å². The minimum Gasteiger partial charge on any atom is -0.495 e. The van der Waals surface area contributed by atoms with Crippen molar-refractivity contribution >= 4 is 33.1 Å². The summed E-state index contributed by atoms with van der Waals surface area (Å²) in [4.78, 5) is 8.68. The van der Waals surface area contributed by atoms with Gasteiger partial charge in [0.05, 0.1) is 22.7 Å². The lowest BCUT2D eigenvalue weighted by Crippen LogP contribution is -2.13. The minimum absolute atomic E-state index is 0.0423. The largest absolute Gasteiger partial charge is 0.495 e. The molecule has 0 aliphatic rings. The van der Waals surface area contributed by atoms with Crippen LogP contribution in [0.5, 0.6) is 5.75 Å². The first-order chi connectivity index (χ1) is 13.5. The second-order valence-corrected chi connectivity index (χ2v) is 8.03. The molecule has 0 saturated heterocycles. The van der Waals surface area contributed by atoms with Crippen molar-refractivity contribution in [3.63, 3.8) is 0 Å². The first kappa shape index (κ1) is 18.3. The fourth-order valence-corrected chi connectivity index (χ4v) is 4.14. The monoisotopic (exact) mass is 414 g/mol. The fraction of sp³-hybridized carbons (Fsp3) is 0.0526. The molecule has 0 spiro atoms. The maximum atomic E-state index is 12.7. The van der Waals surface area contributed by atoms with Crippen LogP contribution in [-0.4, -0.2) is 29.9 Å². The third-order valence-electron chi connectivity index (χ3n) is 4.08. The summed E-state index contributed by atoms with van der Waals surface area (Å²) in [6.07, 6.45) is 5.34. The number of nitrogens with zero attached hydrogens (tertiary/aromatic N) is 3. The van der Waals surface area contributed by atoms with E-state index in [1.807, 2.05) is 24.5 Å². The summed E-state index contributed by atoms with van der Waals surface area (Å²) in [6, 6.07) is 13.1. The lowest BCUT2D eigenvalue weighted by molar-refractivity contribution is 0.414. The molecule has 7 nitrogen and oxygen atoms in total. The molecular weight excluding hydrogens is 400 g/mol. The van der Waals surface area contributed by atoms with E-state index in [-0.39, 0.29) is 9.92 Å². The van der Waals surface area contributed by atoms with Crippen LogP contribution in [-0.2, 0) is 10.0 Å². The molecule has 0 amide bonds. The van der Waals surface area contributed by atoms with Gasteiger partial charge in [0.1, 0.15) is 5.75 Å². The van der Waals surface area contributed by atoms with Crippen LogP contribution in [0.15, 0.2) is 72.0 Å². The zero-order chi connectivity index (χ0) is 19.7. The number of rotatable bonds is 5. The van der Waals surface area contributed by atoms with E-state index in [1.54, 1.807) is 28.8 Å². The molecule has 0 fully saturated rings. The molecule has 1 N–H and O–H groups in total. The maximum absolute atomic E-state index is 12.7. The number of aromatic nitrogens is 3. The number of methoxy groups -OCH3 is 1. The Bertz CT molecular complexity index is 1240. The average Bonchev–Trinajstić information content (AvgIpc) is 3.12. The zero-order valence-electron chi connectivity index (χ0n) is 14.7. The third kappa shape index (κ3) is 3.51. The van der Waals surface area contributed by atoms with Gasteiger partial charge in [0.2, 0.25) is 5.78 Å². The molecule has 0 bridgehead atoms. The molecule has 0 unspecified atom stereocenters. The summed E-state index contributed by atoms with van der Waals surface area (Å²) in [6.45, 7) is 0. The molecule has 2 aromatic heterocycles. The van der Waals surface area contributed by atoms with E-state index in [0.717, 1.165) is 5.56 Å². The van der Waals surface area contributed by atoms with Gasteiger partial charge in [0.15, 0.2) is 0 Å². The molecule has 0 aliphatic heterocycles. The topological polar surface area (TPSA) is 85.6 Å². The highest BCUT2D eigenvalue weighted by molar-refractivity contribution is 7.92. The van der Waals surface area contributed by atoms with Crippen LogP contribution < -0.4 is 9.46 Å². The molecule has 0 atom stereocenters. The van der Waals surface area contributed by atoms with Crippen LogP contribution >= 0.6 is 11.6 Å². The molecule has 0 radical (unpaired) electrons. The molecule has 0 aliphatic carbocycles. The number of hydrogen-bond donors (Lipinski definition) is 1. The normalized spacial score (nSPS) is 11.5. The van der Waals surface area contributed by atoms with E-state index in [9.17, 15) is 8.42 Å². The number of anilines is 1. The number of halogens is 1. The van der Waals surface area contributed by atoms with Gasteiger partial charge in [-0.05, 0) is 36.4 Å². The van der Waals surface area contributed by atoms with Gasteiger partial charge >= 0.3 is 0 Å². The Labute approximate surface area is 166 Å². The third-order valence-corrected chi connectivity index (χ3v) is 5.75. The maximum Gasteiger partial charge on any atom is 0.261 e. The van der Waals surface area contributed by atoms with Gasteiger partial charge in [-0.25, -0.2) is 18.4 Å². The van der Waals surface area contributed by atoms with E-state index in [4.69, 9.17) is 16.3 Å². The fourth-order valence-electron chi connectivity index (χ4n) is 2.74. The van der Waals surface area contributed by atoms with E-state index in [1.165, 1.54) is 25.3 Å². The molecule has 2 heterocycles. The molecular formula is C19H15ClN4O3S. The highest BCUT2D eigenvalue weighted by Gasteiger charge is 2.17. The standard InChI is InChI=1S/C19H15ClN4O3S/c1-27-18-7-6-15(11-16(18)20)28(25,26)23-14-5-2-4-13(10-14)17-12-24-9-3-8-21-19(24)22-17/h2-12,23H,1H3. The second-order valence-electron chi connectivity index (χ2n) is 5.94. The van der Waals surface area contributed by atoms with Crippen molar-refractivity contribution in [2.75, 3.05) is 11.8 Å². The smallest absolute Gasteiger partial charge is 0.261 e. The first-order valence-corrected chi connectivity index (χ1v) is 10.1. The molecule has 2 aromatic carbocycles. The van der Waals surface area contributed by atoms with Crippen LogP contribution in [0.25, 0.3) is 17.0 Å². The van der Waals surface area contributed by atoms with Crippen LogP contribution in [0, 0.1) is 0 Å². The molecule has 4 aromatic rings. The highest BCUT2D eigenvalue weighted by atomic mass is 35.5. The SMILES string of the molecule is COc1ccc(S(=O)(=O)Nc2cccc(-c3cn4cccnc4n3)c2)cc1Cl. The van der Waals surface area contributed by atoms with Crippen LogP contribution in [0.1, 0.15) is 0 Å². The number of hydrogen-bond acceptors (Lipinski definition) is 5. The predicted molar refractivity (Wildman–Crippen MR) is 107 cm³/mol. The van der Waals surface area contributed by atoms with Crippen LogP contribution in [0.3, 0.4) is 0 Å². The number of nitrogens with one attached hydrogen (secondary N) is 1. The predicted octanol–water partition coefficient (Wildman–Crippen LogP) is 3.86. The summed E-state index contributed by atoms with van der Waals surface area (Å²) in [7, 11) is -2.35. The minimum atomic E-state index is -3.81. The molecule has 0 saturated carbocycles. The Balaban J connectivity index is 1.65. The van der Waals surface area contributed by atoms with Crippen molar-refractivity contribution < 1.29 is 13.2 Å². The van der Waals surface area contributed by atoms with Gasteiger partial charge in [-0.3, -0.25) is 9.12 Å². The van der Waals surface area contributed by atoms with Crippen molar-refractivity contribution in [1.82, 2.24) is 14.4 Å². The average molecular weight is 415 g/mol. The van der Waals surface area contributed by atoms with Crippen molar-refractivity contribution in [3.05, 3.63) is 72.1 Å². The Morgan fingerprint density at radius 2 is 2.00 bits per heavy atom. The van der Waals surface area contributed by atoms with Crippen molar-refractivity contribution in [2.24, 2.45) is 0 Å². The Hall–Kier alpha value is -3.10. The summed E-state index contributed by atoms with van der Waals surface area (Å²) >= 11 is 6.05. The van der Waals surface area contributed by atoms with Crippen molar-refractivity contribution in [2.45, 2.75) is 4.90 Å². The lowest BCUT2D eigenvalue weighted by Gasteiger charge is -2.10. The highest BCUT2D eigenvalue weighted by Crippen LogP contribution is 2.29. The van der Waals surface area contributed by atoms with E-state index >= 15 is 0 Å². The van der Waals surface area contributed by atoms with Crippen molar-refractivity contribution in [1.29, 1.82) is 0 Å². The van der Waals surface area contributed by atoms with E-state index in [0.29, 0.717) is 22.9 Å². The summed E-state index contributed by atoms with van der Waals surface area (Å²) in [5, 5.41) is 0.219.